The highest BCUT2D eigenvalue weighted by Crippen LogP contribution is 2.24. The number of nitrogens with one attached hydrogen (secondary N) is 1. The van der Waals surface area contributed by atoms with E-state index in [4.69, 9.17) is 4.74 Å². The molecule has 0 unspecified atom stereocenters. The van der Waals surface area contributed by atoms with Gasteiger partial charge in [0.05, 0.1) is 11.1 Å². The molecule has 1 aromatic rings. The van der Waals surface area contributed by atoms with Crippen LogP contribution in [0.4, 0.5) is 0 Å². The van der Waals surface area contributed by atoms with Crippen molar-refractivity contribution in [3.8, 4) is 5.75 Å². The van der Waals surface area contributed by atoms with E-state index in [0.29, 0.717) is 11.3 Å². The first-order chi connectivity index (χ1) is 11.8. The lowest BCUT2D eigenvalue weighted by atomic mass is 10.0. The third-order valence-electron chi connectivity index (χ3n) is 4.53. The Bertz CT molecular complexity index is 633. The molecule has 0 saturated carbocycles. The highest BCUT2D eigenvalue weighted by atomic mass is 16.5. The lowest BCUT2D eigenvalue weighted by molar-refractivity contribution is -0.117. The van der Waals surface area contributed by atoms with E-state index in [-0.39, 0.29) is 23.7 Å². The van der Waals surface area contributed by atoms with Crippen LogP contribution in [-0.2, 0) is 4.79 Å². The molecule has 2 aliphatic heterocycles. The van der Waals surface area contributed by atoms with E-state index < -0.39 is 0 Å². The van der Waals surface area contributed by atoms with Crippen LogP contribution < -0.4 is 10.1 Å². The maximum atomic E-state index is 12.5. The van der Waals surface area contributed by atoms with Gasteiger partial charge in [-0.2, -0.15) is 0 Å². The molecule has 2 heterocycles. The van der Waals surface area contributed by atoms with Gasteiger partial charge in [0.2, 0.25) is 11.6 Å². The van der Waals surface area contributed by atoms with Crippen LogP contribution in [0.1, 0.15) is 36.0 Å². The molecule has 2 aliphatic rings. The van der Waals surface area contributed by atoms with Crippen molar-refractivity contribution in [2.24, 2.45) is 0 Å². The molecule has 1 fully saturated rings. The molecule has 5 nitrogen and oxygen atoms in total. The van der Waals surface area contributed by atoms with E-state index >= 15 is 0 Å². The highest BCUT2D eigenvalue weighted by Gasteiger charge is 2.26. The third-order valence-corrected chi connectivity index (χ3v) is 4.53. The lowest BCUT2D eigenvalue weighted by Crippen LogP contribution is -2.31. The maximum Gasteiger partial charge on any atom is 0.205 e. The number of piperidine rings is 1. The number of rotatable bonds is 5. The van der Waals surface area contributed by atoms with Gasteiger partial charge >= 0.3 is 0 Å². The molecule has 5 heteroatoms. The van der Waals surface area contributed by atoms with Crippen molar-refractivity contribution in [2.75, 3.05) is 32.8 Å². The first-order valence-electron chi connectivity index (χ1n) is 8.71. The van der Waals surface area contributed by atoms with Crippen LogP contribution in [0.5, 0.6) is 5.75 Å². The number of Topliss-reactive ketones (excluding diaryl/α,β-unsaturated/α-hetero) is 2. The number of para-hydroxylation sites is 1. The first kappa shape index (κ1) is 16.7. The number of hydrogen-bond acceptors (Lipinski definition) is 5. The van der Waals surface area contributed by atoms with Gasteiger partial charge in [0.15, 0.2) is 6.61 Å². The van der Waals surface area contributed by atoms with Crippen molar-refractivity contribution < 1.29 is 14.3 Å². The molecule has 0 aliphatic carbocycles. The number of ether oxygens (including phenoxy) is 1. The van der Waals surface area contributed by atoms with Crippen LogP contribution in [0.15, 0.2) is 36.0 Å². The summed E-state index contributed by atoms with van der Waals surface area (Å²) in [6.07, 6.45) is 6.49. The maximum absolute atomic E-state index is 12.5. The van der Waals surface area contributed by atoms with Crippen molar-refractivity contribution in [1.29, 1.82) is 0 Å². The molecule has 1 N–H and O–H groups in total. The SMILES string of the molecule is O=C1COc2ccccc2C(=O)/C1=C\NCCCN1CCCCC1. The number of likely N-dealkylation sites (tertiary alicyclic amines) is 1. The van der Waals surface area contributed by atoms with E-state index in [1.165, 1.54) is 32.4 Å². The summed E-state index contributed by atoms with van der Waals surface area (Å²) in [6, 6.07) is 6.99. The molecule has 0 aromatic heterocycles. The number of carbonyl (C=O) groups excluding carboxylic acids is 2. The summed E-state index contributed by atoms with van der Waals surface area (Å²) in [6.45, 7) is 4.09. The molecule has 0 atom stereocenters. The molecule has 128 valence electrons. The molecule has 1 aromatic carbocycles. The zero-order valence-corrected chi connectivity index (χ0v) is 13.9. The Balaban J connectivity index is 1.55. The lowest BCUT2D eigenvalue weighted by Gasteiger charge is -2.26. The summed E-state index contributed by atoms with van der Waals surface area (Å²) >= 11 is 0. The predicted octanol–water partition coefficient (Wildman–Crippen LogP) is 2.18. The van der Waals surface area contributed by atoms with E-state index in [1.807, 2.05) is 0 Å². The molecule has 0 amide bonds. The van der Waals surface area contributed by atoms with E-state index in [1.54, 1.807) is 30.5 Å². The Morgan fingerprint density at radius 2 is 1.92 bits per heavy atom. The van der Waals surface area contributed by atoms with Crippen molar-refractivity contribution >= 4 is 11.6 Å². The molecular formula is C19H24N2O3. The zero-order valence-electron chi connectivity index (χ0n) is 13.9. The fourth-order valence-electron chi connectivity index (χ4n) is 3.18. The minimum atomic E-state index is -0.278. The van der Waals surface area contributed by atoms with E-state index in [9.17, 15) is 9.59 Å². The third kappa shape index (κ3) is 4.03. The van der Waals surface area contributed by atoms with Crippen LogP contribution in [-0.4, -0.2) is 49.3 Å². The quantitative estimate of drug-likeness (QED) is 0.510. The van der Waals surface area contributed by atoms with Crippen LogP contribution in [0.2, 0.25) is 0 Å². The van der Waals surface area contributed by atoms with Gasteiger partial charge in [-0.15, -0.1) is 0 Å². The molecule has 0 bridgehead atoms. The van der Waals surface area contributed by atoms with E-state index in [2.05, 4.69) is 10.2 Å². The number of ketones is 2. The number of nitrogens with zero attached hydrogens (tertiary/aromatic N) is 1. The number of fused-ring (bicyclic) bond motifs is 1. The average Bonchev–Trinajstić information content (AvgIpc) is 2.74. The van der Waals surface area contributed by atoms with Gasteiger partial charge in [0.25, 0.3) is 0 Å². The summed E-state index contributed by atoms with van der Waals surface area (Å²) in [7, 11) is 0. The average molecular weight is 328 g/mol. The smallest absolute Gasteiger partial charge is 0.205 e. The summed E-state index contributed by atoms with van der Waals surface area (Å²) in [5.41, 5.74) is 0.627. The Morgan fingerprint density at radius 3 is 2.75 bits per heavy atom. The monoisotopic (exact) mass is 328 g/mol. The van der Waals surface area contributed by atoms with Crippen LogP contribution >= 0.6 is 0 Å². The van der Waals surface area contributed by atoms with Gasteiger partial charge in [-0.3, -0.25) is 9.59 Å². The number of carbonyl (C=O) groups is 2. The van der Waals surface area contributed by atoms with Gasteiger partial charge in [-0.1, -0.05) is 18.6 Å². The molecule has 3 rings (SSSR count). The fourth-order valence-corrected chi connectivity index (χ4v) is 3.18. The number of benzene rings is 1. The Labute approximate surface area is 142 Å². The molecule has 1 saturated heterocycles. The van der Waals surface area contributed by atoms with Crippen molar-refractivity contribution in [2.45, 2.75) is 25.7 Å². The molecule has 0 radical (unpaired) electrons. The van der Waals surface area contributed by atoms with Crippen molar-refractivity contribution in [3.63, 3.8) is 0 Å². The standard InChI is InChI=1S/C19H24N2O3/c22-17-14-24-18-8-3-2-7-15(18)19(23)16(17)13-20-9-6-12-21-10-4-1-5-11-21/h2-3,7-8,13,20H,1,4-6,9-12,14H2/b16-13-. The van der Waals surface area contributed by atoms with Crippen molar-refractivity contribution in [1.82, 2.24) is 10.2 Å². The predicted molar refractivity (Wildman–Crippen MR) is 92.3 cm³/mol. The Hall–Kier alpha value is -2.14. The molecule has 24 heavy (non-hydrogen) atoms. The normalized spacial score (nSPS) is 20.4. The van der Waals surface area contributed by atoms with Gasteiger partial charge in [0.1, 0.15) is 5.75 Å². The summed E-state index contributed by atoms with van der Waals surface area (Å²) in [5.74, 6) is -0.0688. The van der Waals surface area contributed by atoms with Gasteiger partial charge < -0.3 is 15.0 Å². The van der Waals surface area contributed by atoms with E-state index in [0.717, 1.165) is 19.5 Å². The van der Waals surface area contributed by atoms with Crippen LogP contribution in [0.25, 0.3) is 0 Å². The van der Waals surface area contributed by atoms with Gasteiger partial charge in [-0.25, -0.2) is 0 Å². The van der Waals surface area contributed by atoms with Crippen LogP contribution in [0.3, 0.4) is 0 Å². The topological polar surface area (TPSA) is 58.6 Å². The summed E-state index contributed by atoms with van der Waals surface area (Å²) in [4.78, 5) is 27.2. The summed E-state index contributed by atoms with van der Waals surface area (Å²) in [5, 5.41) is 3.13. The molecular weight excluding hydrogens is 304 g/mol. The second-order valence-electron chi connectivity index (χ2n) is 6.31. The first-order valence-corrected chi connectivity index (χ1v) is 8.71. The highest BCUT2D eigenvalue weighted by molar-refractivity contribution is 6.28. The minimum absolute atomic E-state index is 0.0932. The Morgan fingerprint density at radius 1 is 1.12 bits per heavy atom. The zero-order chi connectivity index (χ0) is 16.8. The fraction of sp³-hybridized carbons (Fsp3) is 0.474. The number of hydrogen-bond donors (Lipinski definition) is 1. The molecule has 0 spiro atoms. The van der Waals surface area contributed by atoms with Crippen molar-refractivity contribution in [3.05, 3.63) is 41.6 Å². The second-order valence-corrected chi connectivity index (χ2v) is 6.31. The van der Waals surface area contributed by atoms with Crippen LogP contribution in [0, 0.1) is 0 Å². The summed E-state index contributed by atoms with van der Waals surface area (Å²) < 4.78 is 5.42. The Kier molecular flexibility index (Phi) is 5.64. The largest absolute Gasteiger partial charge is 0.485 e. The second kappa shape index (κ2) is 8.11. The van der Waals surface area contributed by atoms with Gasteiger partial charge in [0, 0.05) is 12.7 Å². The van der Waals surface area contributed by atoms with Gasteiger partial charge in [-0.05, 0) is 51.0 Å². The minimum Gasteiger partial charge on any atom is -0.485 e.